The number of aryl methyl sites for hydroxylation is 2. The van der Waals surface area contributed by atoms with Crippen LogP contribution in [0.25, 0.3) is 5.78 Å². The Kier molecular flexibility index (Phi) is 4.02. The maximum Gasteiger partial charge on any atom is 0.274 e. The lowest BCUT2D eigenvalue weighted by atomic mass is 10.3. The van der Waals surface area contributed by atoms with Crippen LogP contribution < -0.4 is 5.56 Å². The van der Waals surface area contributed by atoms with E-state index >= 15 is 0 Å². The molecule has 1 N–H and O–H groups in total. The summed E-state index contributed by atoms with van der Waals surface area (Å²) in [7, 11) is 0. The lowest BCUT2D eigenvalue weighted by molar-refractivity contribution is 0.804. The van der Waals surface area contributed by atoms with Gasteiger partial charge in [-0.15, -0.1) is 10.2 Å². The first-order chi connectivity index (χ1) is 10.2. The molecule has 0 atom stereocenters. The van der Waals surface area contributed by atoms with Gasteiger partial charge in [0.2, 0.25) is 0 Å². The van der Waals surface area contributed by atoms with Gasteiger partial charge in [-0.25, -0.2) is 4.98 Å². The largest absolute Gasteiger partial charge is 0.275 e. The van der Waals surface area contributed by atoms with Crippen LogP contribution in [-0.2, 0) is 12.2 Å². The highest BCUT2D eigenvalue weighted by Crippen LogP contribution is 2.24. The Morgan fingerprint density at radius 3 is 2.95 bits per heavy atom. The Bertz CT molecular complexity index is 821. The van der Waals surface area contributed by atoms with Crippen LogP contribution >= 0.6 is 23.1 Å². The van der Waals surface area contributed by atoms with Crippen LogP contribution in [0.3, 0.4) is 0 Å². The molecule has 3 aromatic heterocycles. The fraction of sp³-hybridized carbons (Fsp3) is 0.417. The third kappa shape index (κ3) is 3.13. The average molecular weight is 322 g/mol. The summed E-state index contributed by atoms with van der Waals surface area (Å²) in [5.74, 6) is 1.79. The van der Waals surface area contributed by atoms with E-state index in [9.17, 15) is 4.79 Å². The summed E-state index contributed by atoms with van der Waals surface area (Å²) in [4.78, 5) is 20.8. The van der Waals surface area contributed by atoms with Crippen molar-refractivity contribution < 1.29 is 0 Å². The molecule has 3 rings (SSSR count). The molecule has 0 saturated carbocycles. The van der Waals surface area contributed by atoms with E-state index in [-0.39, 0.29) is 5.56 Å². The van der Waals surface area contributed by atoms with Crippen LogP contribution in [0.5, 0.6) is 0 Å². The lowest BCUT2D eigenvalue weighted by Gasteiger charge is -1.97. The molecule has 9 heteroatoms. The normalized spacial score (nSPS) is 11.3. The highest BCUT2D eigenvalue weighted by atomic mass is 32.2. The highest BCUT2D eigenvalue weighted by molar-refractivity contribution is 8.00. The summed E-state index contributed by atoms with van der Waals surface area (Å²) in [5, 5.41) is 11.9. The van der Waals surface area contributed by atoms with Gasteiger partial charge in [0.05, 0.1) is 5.69 Å². The minimum absolute atomic E-state index is 0.140. The zero-order valence-electron chi connectivity index (χ0n) is 11.7. The predicted molar refractivity (Wildman–Crippen MR) is 81.8 cm³/mol. The Morgan fingerprint density at radius 1 is 1.38 bits per heavy atom. The maximum atomic E-state index is 12.0. The maximum absolute atomic E-state index is 12.0. The zero-order chi connectivity index (χ0) is 14.8. The Balaban J connectivity index is 1.84. The first-order valence-electron chi connectivity index (χ1n) is 6.56. The van der Waals surface area contributed by atoms with Gasteiger partial charge in [-0.1, -0.05) is 30.0 Å². The van der Waals surface area contributed by atoms with E-state index < -0.39 is 0 Å². The molecule has 0 aromatic carbocycles. The topological polar surface area (TPSA) is 88.8 Å². The molecular weight excluding hydrogens is 308 g/mol. The van der Waals surface area contributed by atoms with Crippen LogP contribution in [0, 0.1) is 6.92 Å². The second kappa shape index (κ2) is 5.94. The van der Waals surface area contributed by atoms with Crippen LogP contribution in [0.4, 0.5) is 0 Å². The summed E-state index contributed by atoms with van der Waals surface area (Å²) < 4.78 is 2.26. The number of aromatic nitrogens is 6. The quantitative estimate of drug-likeness (QED) is 0.721. The van der Waals surface area contributed by atoms with Crippen molar-refractivity contribution in [2.45, 2.75) is 36.8 Å². The standard InChI is InChI=1S/C12H14N6OS2/c1-3-4-9-14-11-13-8(5-10(19)18(11)17-9)6-20-12-16-15-7(2)21-12/h5H,3-4,6H2,1-2H3,(H,13,14,17). The third-order valence-corrected chi connectivity index (χ3v) is 4.77. The van der Waals surface area contributed by atoms with Crippen molar-refractivity contribution in [1.29, 1.82) is 0 Å². The van der Waals surface area contributed by atoms with Gasteiger partial charge in [0.15, 0.2) is 4.34 Å². The molecule has 0 bridgehead atoms. The second-order valence-electron chi connectivity index (χ2n) is 4.52. The molecular formula is C12H14N6OS2. The second-order valence-corrected chi connectivity index (χ2v) is 6.92. The van der Waals surface area contributed by atoms with Crippen molar-refractivity contribution >= 4 is 28.9 Å². The van der Waals surface area contributed by atoms with Gasteiger partial charge < -0.3 is 0 Å². The first-order valence-corrected chi connectivity index (χ1v) is 8.36. The van der Waals surface area contributed by atoms with Gasteiger partial charge in [-0.05, 0) is 13.3 Å². The zero-order valence-corrected chi connectivity index (χ0v) is 13.3. The molecule has 0 radical (unpaired) electrons. The summed E-state index contributed by atoms with van der Waals surface area (Å²) in [6.07, 6.45) is 1.77. The van der Waals surface area contributed by atoms with Crippen LogP contribution in [0.1, 0.15) is 29.9 Å². The molecule has 7 nitrogen and oxygen atoms in total. The van der Waals surface area contributed by atoms with E-state index in [0.717, 1.165) is 28.0 Å². The van der Waals surface area contributed by atoms with Crippen molar-refractivity contribution in [3.05, 3.63) is 32.9 Å². The van der Waals surface area contributed by atoms with Crippen molar-refractivity contribution in [1.82, 2.24) is 29.8 Å². The van der Waals surface area contributed by atoms with E-state index in [4.69, 9.17) is 0 Å². The number of nitrogens with one attached hydrogen (secondary N) is 1. The van der Waals surface area contributed by atoms with E-state index in [0.29, 0.717) is 17.2 Å². The number of H-pyrrole nitrogens is 1. The smallest absolute Gasteiger partial charge is 0.274 e. The number of thioether (sulfide) groups is 1. The van der Waals surface area contributed by atoms with Gasteiger partial charge in [0.1, 0.15) is 10.8 Å². The van der Waals surface area contributed by atoms with Gasteiger partial charge >= 0.3 is 0 Å². The molecule has 0 aliphatic rings. The SMILES string of the molecule is CCCc1nc2nc(CSc3nnc(C)s3)cc(=O)n2[nH]1. The fourth-order valence-electron chi connectivity index (χ4n) is 1.87. The summed E-state index contributed by atoms with van der Waals surface area (Å²) in [5.41, 5.74) is 0.561. The van der Waals surface area contributed by atoms with E-state index in [2.05, 4.69) is 32.2 Å². The number of aromatic amines is 1. The Morgan fingerprint density at radius 2 is 2.24 bits per heavy atom. The Hall–Kier alpha value is -1.74. The highest BCUT2D eigenvalue weighted by Gasteiger charge is 2.09. The number of rotatable bonds is 5. The molecule has 0 amide bonds. The van der Waals surface area contributed by atoms with Crippen LogP contribution in [-0.4, -0.2) is 29.8 Å². The summed E-state index contributed by atoms with van der Waals surface area (Å²) >= 11 is 3.06. The lowest BCUT2D eigenvalue weighted by Crippen LogP contribution is -2.15. The molecule has 0 fully saturated rings. The van der Waals surface area contributed by atoms with Gasteiger partial charge in [-0.2, -0.15) is 9.50 Å². The minimum atomic E-state index is -0.140. The molecule has 21 heavy (non-hydrogen) atoms. The summed E-state index contributed by atoms with van der Waals surface area (Å²) in [6, 6.07) is 1.53. The fourth-order valence-corrected chi connectivity index (χ4v) is 3.57. The molecule has 110 valence electrons. The molecule has 0 spiro atoms. The van der Waals surface area contributed by atoms with E-state index in [1.165, 1.54) is 33.7 Å². The molecule has 0 aliphatic carbocycles. The number of hydrogen-bond acceptors (Lipinski definition) is 7. The van der Waals surface area contributed by atoms with Crippen molar-refractivity contribution in [2.24, 2.45) is 0 Å². The van der Waals surface area contributed by atoms with Gasteiger partial charge in [0.25, 0.3) is 11.3 Å². The number of nitrogens with zero attached hydrogens (tertiary/aromatic N) is 5. The Labute approximate surface area is 128 Å². The molecule has 3 heterocycles. The molecule has 0 unspecified atom stereocenters. The number of fused-ring (bicyclic) bond motifs is 1. The molecule has 0 saturated heterocycles. The minimum Gasteiger partial charge on any atom is -0.275 e. The van der Waals surface area contributed by atoms with Crippen LogP contribution in [0.2, 0.25) is 0 Å². The first kappa shape index (κ1) is 14.2. The average Bonchev–Trinajstić information content (AvgIpc) is 3.03. The van der Waals surface area contributed by atoms with Crippen LogP contribution in [0.15, 0.2) is 15.2 Å². The summed E-state index contributed by atoms with van der Waals surface area (Å²) in [6.45, 7) is 3.98. The van der Waals surface area contributed by atoms with Crippen molar-refractivity contribution in [3.63, 3.8) is 0 Å². The third-order valence-electron chi connectivity index (χ3n) is 2.77. The monoisotopic (exact) mass is 322 g/mol. The van der Waals surface area contributed by atoms with Gasteiger partial charge in [-0.3, -0.25) is 9.89 Å². The van der Waals surface area contributed by atoms with Crippen molar-refractivity contribution in [2.75, 3.05) is 0 Å². The molecule has 0 aliphatic heterocycles. The van der Waals surface area contributed by atoms with Crippen molar-refractivity contribution in [3.8, 4) is 0 Å². The predicted octanol–water partition coefficient (Wildman–Crippen LogP) is 1.82. The van der Waals surface area contributed by atoms with E-state index in [1.54, 1.807) is 0 Å². The molecule has 3 aromatic rings. The van der Waals surface area contributed by atoms with E-state index in [1.807, 2.05) is 6.92 Å². The van der Waals surface area contributed by atoms with Gasteiger partial charge in [0, 0.05) is 18.2 Å². The number of hydrogen-bond donors (Lipinski definition) is 1.